The summed E-state index contributed by atoms with van der Waals surface area (Å²) in [4.78, 5) is 18.6. The molecule has 1 unspecified atom stereocenters. The van der Waals surface area contributed by atoms with Crippen LogP contribution in [0.3, 0.4) is 0 Å². The summed E-state index contributed by atoms with van der Waals surface area (Å²) in [6.07, 6.45) is 3.97. The molecule has 1 aromatic heterocycles. The van der Waals surface area contributed by atoms with E-state index < -0.39 is 5.54 Å². The Kier molecular flexibility index (Phi) is 5.64. The van der Waals surface area contributed by atoms with Crippen molar-refractivity contribution in [1.82, 2.24) is 9.88 Å². The number of amides is 2. The number of carbonyl (C=O) groups excluding carboxylic acids is 1. The predicted molar refractivity (Wildman–Crippen MR) is 101 cm³/mol. The van der Waals surface area contributed by atoms with Gasteiger partial charge < -0.3 is 20.1 Å². The van der Waals surface area contributed by atoms with Gasteiger partial charge in [-0.15, -0.1) is 0 Å². The van der Waals surface area contributed by atoms with Crippen molar-refractivity contribution >= 4 is 23.3 Å². The number of hydrogen-bond acceptors (Lipinski definition) is 4. The van der Waals surface area contributed by atoms with E-state index in [9.17, 15) is 9.90 Å². The Morgan fingerprint density at radius 3 is 2.96 bits per heavy atom. The van der Waals surface area contributed by atoms with Gasteiger partial charge in [-0.25, -0.2) is 9.78 Å². The number of hydrogen-bond donors (Lipinski definition) is 2. The molecule has 3 rings (SSSR count). The normalized spacial score (nSPS) is 19.4. The molecule has 138 valence electrons. The summed E-state index contributed by atoms with van der Waals surface area (Å²) in [6, 6.07) is 10.2. The number of rotatable bonds is 5. The van der Waals surface area contributed by atoms with E-state index in [1.165, 1.54) is 0 Å². The average molecular weight is 376 g/mol. The van der Waals surface area contributed by atoms with E-state index >= 15 is 0 Å². The van der Waals surface area contributed by atoms with Gasteiger partial charge in [0.05, 0.1) is 17.2 Å². The molecule has 1 saturated heterocycles. The molecular weight excluding hydrogens is 354 g/mol. The van der Waals surface area contributed by atoms with Crippen molar-refractivity contribution in [2.24, 2.45) is 0 Å². The van der Waals surface area contributed by atoms with Crippen LogP contribution in [-0.2, 0) is 0 Å². The van der Waals surface area contributed by atoms with E-state index in [2.05, 4.69) is 10.3 Å². The molecule has 0 saturated carbocycles. The van der Waals surface area contributed by atoms with Crippen LogP contribution in [0.2, 0.25) is 5.02 Å². The first kappa shape index (κ1) is 18.5. The van der Waals surface area contributed by atoms with E-state index in [1.807, 2.05) is 19.1 Å². The molecule has 2 heterocycles. The van der Waals surface area contributed by atoms with Gasteiger partial charge in [0, 0.05) is 24.5 Å². The number of ether oxygens (including phenoxy) is 1. The molecule has 2 aromatic rings. The number of para-hydroxylation sites is 1. The number of carbonyl (C=O) groups is 1. The zero-order chi connectivity index (χ0) is 18.6. The molecule has 0 aliphatic carbocycles. The molecule has 2 amide bonds. The van der Waals surface area contributed by atoms with Crippen LogP contribution in [0.25, 0.3) is 0 Å². The highest BCUT2D eigenvalue weighted by molar-refractivity contribution is 6.32. The number of nitrogens with one attached hydrogen (secondary N) is 1. The Morgan fingerprint density at radius 2 is 2.23 bits per heavy atom. The molecule has 1 aliphatic heterocycles. The highest BCUT2D eigenvalue weighted by Crippen LogP contribution is 2.33. The maximum Gasteiger partial charge on any atom is 0.322 e. The number of aromatic nitrogens is 1. The molecule has 1 aromatic carbocycles. The van der Waals surface area contributed by atoms with Crippen LogP contribution in [-0.4, -0.2) is 39.7 Å². The summed E-state index contributed by atoms with van der Waals surface area (Å²) in [6.45, 7) is 2.59. The maximum absolute atomic E-state index is 12.7. The van der Waals surface area contributed by atoms with Crippen LogP contribution in [0.15, 0.2) is 42.6 Å². The van der Waals surface area contributed by atoms with Gasteiger partial charge >= 0.3 is 6.03 Å². The zero-order valence-electron chi connectivity index (χ0n) is 14.6. The zero-order valence-corrected chi connectivity index (χ0v) is 15.4. The summed E-state index contributed by atoms with van der Waals surface area (Å²) in [5, 5.41) is 13.1. The van der Waals surface area contributed by atoms with E-state index in [0.29, 0.717) is 35.3 Å². The third-order valence-electron chi connectivity index (χ3n) is 4.83. The Morgan fingerprint density at radius 1 is 1.42 bits per heavy atom. The largest absolute Gasteiger partial charge is 0.437 e. The highest BCUT2D eigenvalue weighted by Gasteiger charge is 2.41. The van der Waals surface area contributed by atoms with Crippen molar-refractivity contribution in [3.63, 3.8) is 0 Å². The summed E-state index contributed by atoms with van der Waals surface area (Å²) < 4.78 is 5.69. The first-order chi connectivity index (χ1) is 12.6. The molecule has 7 heteroatoms. The van der Waals surface area contributed by atoms with Crippen molar-refractivity contribution in [1.29, 1.82) is 0 Å². The molecular formula is C19H22ClN3O3. The summed E-state index contributed by atoms with van der Waals surface area (Å²) in [7, 11) is 0. The topological polar surface area (TPSA) is 74.7 Å². The fourth-order valence-electron chi connectivity index (χ4n) is 3.27. The molecule has 2 N–H and O–H groups in total. The lowest BCUT2D eigenvalue weighted by molar-refractivity contribution is 0.0867. The number of pyridine rings is 1. The van der Waals surface area contributed by atoms with Gasteiger partial charge in [-0.1, -0.05) is 30.7 Å². The summed E-state index contributed by atoms with van der Waals surface area (Å²) in [5.74, 6) is 0.830. The number of aliphatic hydroxyl groups is 1. The fraction of sp³-hybridized carbons (Fsp3) is 0.368. The van der Waals surface area contributed by atoms with Crippen molar-refractivity contribution in [3.8, 4) is 11.6 Å². The van der Waals surface area contributed by atoms with Crippen molar-refractivity contribution < 1.29 is 14.6 Å². The average Bonchev–Trinajstić information content (AvgIpc) is 3.09. The molecule has 1 atom stereocenters. The SMILES string of the molecule is CCC1(CO)CCCN1C(=O)Nc1ccnc(Oc2ccccc2Cl)c1. The number of likely N-dealkylation sites (tertiary alicyclic amines) is 1. The Balaban J connectivity index is 1.73. The van der Waals surface area contributed by atoms with Crippen molar-refractivity contribution in [2.45, 2.75) is 31.7 Å². The molecule has 6 nitrogen and oxygen atoms in total. The van der Waals surface area contributed by atoms with Gasteiger partial charge in [0.2, 0.25) is 5.88 Å². The van der Waals surface area contributed by atoms with E-state index in [4.69, 9.17) is 16.3 Å². The van der Waals surface area contributed by atoms with Crippen LogP contribution >= 0.6 is 11.6 Å². The van der Waals surface area contributed by atoms with Crippen molar-refractivity contribution in [2.75, 3.05) is 18.5 Å². The molecule has 26 heavy (non-hydrogen) atoms. The lowest BCUT2D eigenvalue weighted by Gasteiger charge is -2.36. The molecule has 0 radical (unpaired) electrons. The Bertz CT molecular complexity index is 780. The second-order valence-electron chi connectivity index (χ2n) is 6.34. The standard InChI is InChI=1S/C19H22ClN3O3/c1-2-19(13-24)9-5-11-23(19)18(25)22-14-8-10-21-17(12-14)26-16-7-4-3-6-15(16)20/h3-4,6-8,10,12,24H,2,5,9,11,13H2,1H3,(H,21,22,25). The van der Waals surface area contributed by atoms with Crippen LogP contribution in [0, 0.1) is 0 Å². The third kappa shape index (κ3) is 3.76. The quantitative estimate of drug-likeness (QED) is 0.817. The van der Waals surface area contributed by atoms with Gasteiger partial charge in [-0.3, -0.25) is 0 Å². The molecule has 0 spiro atoms. The third-order valence-corrected chi connectivity index (χ3v) is 5.14. The summed E-state index contributed by atoms with van der Waals surface area (Å²) >= 11 is 6.09. The lowest BCUT2D eigenvalue weighted by Crippen LogP contribution is -2.51. The second kappa shape index (κ2) is 7.93. The maximum atomic E-state index is 12.7. The lowest BCUT2D eigenvalue weighted by atomic mass is 9.94. The number of urea groups is 1. The minimum atomic E-state index is -0.478. The molecule has 1 aliphatic rings. The number of aliphatic hydroxyl groups excluding tert-OH is 1. The monoisotopic (exact) mass is 375 g/mol. The van der Waals surface area contributed by atoms with Gasteiger partial charge in [-0.2, -0.15) is 0 Å². The van der Waals surface area contributed by atoms with Crippen LogP contribution in [0.4, 0.5) is 10.5 Å². The van der Waals surface area contributed by atoms with Gasteiger partial charge in [0.15, 0.2) is 0 Å². The second-order valence-corrected chi connectivity index (χ2v) is 6.74. The van der Waals surface area contributed by atoms with Crippen LogP contribution in [0.5, 0.6) is 11.6 Å². The van der Waals surface area contributed by atoms with E-state index in [-0.39, 0.29) is 12.6 Å². The fourth-order valence-corrected chi connectivity index (χ4v) is 3.45. The minimum Gasteiger partial charge on any atom is -0.437 e. The molecule has 0 bridgehead atoms. The number of anilines is 1. The Hall–Kier alpha value is -2.31. The van der Waals surface area contributed by atoms with Crippen LogP contribution < -0.4 is 10.1 Å². The number of benzene rings is 1. The number of nitrogens with zero attached hydrogens (tertiary/aromatic N) is 2. The van der Waals surface area contributed by atoms with Gasteiger partial charge in [0.1, 0.15) is 5.75 Å². The Labute approximate surface area is 157 Å². The predicted octanol–water partition coefficient (Wildman–Crippen LogP) is 4.30. The first-order valence-electron chi connectivity index (χ1n) is 8.66. The number of halogens is 1. The minimum absolute atomic E-state index is 0.0336. The van der Waals surface area contributed by atoms with Crippen LogP contribution in [0.1, 0.15) is 26.2 Å². The highest BCUT2D eigenvalue weighted by atomic mass is 35.5. The summed E-state index contributed by atoms with van der Waals surface area (Å²) in [5.41, 5.74) is 0.0930. The van der Waals surface area contributed by atoms with Gasteiger partial charge in [-0.05, 0) is 37.5 Å². The van der Waals surface area contributed by atoms with E-state index in [0.717, 1.165) is 12.8 Å². The van der Waals surface area contributed by atoms with Gasteiger partial charge in [0.25, 0.3) is 0 Å². The van der Waals surface area contributed by atoms with Crippen molar-refractivity contribution in [3.05, 3.63) is 47.6 Å². The molecule has 1 fully saturated rings. The smallest absolute Gasteiger partial charge is 0.322 e. The van der Waals surface area contributed by atoms with E-state index in [1.54, 1.807) is 35.4 Å². The first-order valence-corrected chi connectivity index (χ1v) is 9.04.